The summed E-state index contributed by atoms with van der Waals surface area (Å²) < 4.78 is 0. The van der Waals surface area contributed by atoms with Gasteiger partial charge in [0, 0.05) is 18.0 Å². The largest absolute Gasteiger partial charge is 0.364 e. The molecule has 1 atom stereocenters. The molecule has 1 saturated carbocycles. The van der Waals surface area contributed by atoms with Crippen LogP contribution in [0.3, 0.4) is 0 Å². The van der Waals surface area contributed by atoms with E-state index in [1.54, 1.807) is 13.1 Å². The number of nitrogens with zero attached hydrogens (tertiary/aromatic N) is 4. The van der Waals surface area contributed by atoms with Crippen molar-refractivity contribution in [2.75, 3.05) is 10.3 Å². The van der Waals surface area contributed by atoms with Crippen molar-refractivity contribution in [2.45, 2.75) is 38.1 Å². The first-order valence-electron chi connectivity index (χ1n) is 8.37. The molecular weight excluding hydrogens is 334 g/mol. The number of aldehydes is 1. The second-order valence-electron chi connectivity index (χ2n) is 6.32. The lowest BCUT2D eigenvalue weighted by atomic mass is 10.2. The molecule has 5 N–H and O–H groups in total. The van der Waals surface area contributed by atoms with Gasteiger partial charge in [0.05, 0.1) is 24.1 Å². The molecule has 136 valence electrons. The fraction of sp³-hybridized carbons (Fsp3) is 0.353. The number of nitrogens with one attached hydrogen (secondary N) is 1. The van der Waals surface area contributed by atoms with Crippen LogP contribution in [0.2, 0.25) is 0 Å². The van der Waals surface area contributed by atoms with Crippen LogP contribution in [-0.4, -0.2) is 33.2 Å². The highest BCUT2D eigenvalue weighted by Crippen LogP contribution is 2.39. The van der Waals surface area contributed by atoms with E-state index < -0.39 is 5.91 Å². The average molecular weight is 355 g/mol. The minimum Gasteiger partial charge on any atom is -0.364 e. The predicted octanol–water partition coefficient (Wildman–Crippen LogP) is 1.25. The second kappa shape index (κ2) is 7.44. The number of hydrazine groups is 1. The van der Waals surface area contributed by atoms with Crippen molar-refractivity contribution in [3.8, 4) is 0 Å². The summed E-state index contributed by atoms with van der Waals surface area (Å²) in [6, 6.07) is 3.55. The topological polar surface area (TPSA) is 140 Å². The van der Waals surface area contributed by atoms with E-state index in [-0.39, 0.29) is 24.0 Å². The molecule has 3 rings (SSSR count). The molecule has 2 aromatic heterocycles. The molecule has 2 heterocycles. The van der Waals surface area contributed by atoms with Gasteiger partial charge >= 0.3 is 0 Å². The number of carbonyl (C=O) groups excluding carboxylic acids is 2. The van der Waals surface area contributed by atoms with E-state index in [2.05, 4.69) is 20.3 Å². The number of amides is 1. The molecule has 1 unspecified atom stereocenters. The number of nitrogens with two attached hydrogens (primary N) is 2. The zero-order chi connectivity index (χ0) is 18.7. The van der Waals surface area contributed by atoms with E-state index >= 15 is 0 Å². The van der Waals surface area contributed by atoms with Gasteiger partial charge in [0.1, 0.15) is 6.29 Å². The number of anilines is 3. The Balaban J connectivity index is 1.86. The summed E-state index contributed by atoms with van der Waals surface area (Å²) in [5.74, 6) is 6.33. The minimum absolute atomic E-state index is 0.00328. The fourth-order valence-corrected chi connectivity index (χ4v) is 2.49. The number of primary amides is 1. The summed E-state index contributed by atoms with van der Waals surface area (Å²) in [5.41, 5.74) is 7.10. The van der Waals surface area contributed by atoms with Crippen LogP contribution in [-0.2, 0) is 4.79 Å². The Morgan fingerprint density at radius 3 is 2.73 bits per heavy atom. The molecule has 0 bridgehead atoms. The van der Waals surface area contributed by atoms with Crippen LogP contribution in [0.25, 0.3) is 0 Å². The van der Waals surface area contributed by atoms with Gasteiger partial charge in [-0.05, 0) is 31.9 Å². The van der Waals surface area contributed by atoms with Crippen LogP contribution >= 0.6 is 0 Å². The molecule has 26 heavy (non-hydrogen) atoms. The molecule has 9 heteroatoms. The van der Waals surface area contributed by atoms with Crippen LogP contribution in [0.5, 0.6) is 0 Å². The van der Waals surface area contributed by atoms with E-state index in [9.17, 15) is 9.59 Å². The Bertz CT molecular complexity index is 805. The molecule has 1 amide bonds. The lowest BCUT2D eigenvalue weighted by Crippen LogP contribution is -2.40. The molecule has 0 saturated heterocycles. The standard InChI is InChI=1S/C17H21N7O2/c1-10(6-7-25)24(19)14-9-21-15(16(18)26)17(23-14)22-12-4-5-13(20-8-12)11-2-3-11/h4-5,7-11H,2-3,6,19H2,1H3,(H2,18,26)(H,22,23). The van der Waals surface area contributed by atoms with Crippen molar-refractivity contribution in [3.05, 3.63) is 35.9 Å². The molecule has 0 spiro atoms. The van der Waals surface area contributed by atoms with E-state index in [4.69, 9.17) is 11.6 Å². The number of hydrogen-bond acceptors (Lipinski definition) is 8. The Hall–Kier alpha value is -3.07. The van der Waals surface area contributed by atoms with Gasteiger partial charge in [-0.1, -0.05) is 0 Å². The highest BCUT2D eigenvalue weighted by atomic mass is 16.1. The Kier molecular flexibility index (Phi) is 5.08. The summed E-state index contributed by atoms with van der Waals surface area (Å²) in [6.07, 6.45) is 6.39. The number of carbonyl (C=O) groups is 2. The van der Waals surface area contributed by atoms with Crippen LogP contribution in [0, 0.1) is 0 Å². The SMILES string of the molecule is CC(CC=O)N(N)c1cnc(C(N)=O)c(Nc2ccc(C3CC3)nc2)n1. The van der Waals surface area contributed by atoms with Crippen molar-refractivity contribution in [1.82, 2.24) is 15.0 Å². The molecule has 0 radical (unpaired) electrons. The Morgan fingerprint density at radius 1 is 1.38 bits per heavy atom. The Labute approximate surface area is 150 Å². The number of aromatic nitrogens is 3. The maximum atomic E-state index is 11.7. The van der Waals surface area contributed by atoms with Crippen molar-refractivity contribution in [1.29, 1.82) is 0 Å². The van der Waals surface area contributed by atoms with Gasteiger partial charge in [0.2, 0.25) is 0 Å². The van der Waals surface area contributed by atoms with Crippen molar-refractivity contribution in [2.24, 2.45) is 11.6 Å². The van der Waals surface area contributed by atoms with Gasteiger partial charge in [-0.25, -0.2) is 15.8 Å². The van der Waals surface area contributed by atoms with Crippen LogP contribution < -0.4 is 21.9 Å². The normalized spacial score (nSPS) is 14.5. The molecule has 9 nitrogen and oxygen atoms in total. The predicted molar refractivity (Wildman–Crippen MR) is 96.9 cm³/mol. The fourth-order valence-electron chi connectivity index (χ4n) is 2.49. The smallest absolute Gasteiger partial charge is 0.271 e. The van der Waals surface area contributed by atoms with E-state index in [1.165, 1.54) is 24.0 Å². The van der Waals surface area contributed by atoms with E-state index in [0.717, 1.165) is 12.0 Å². The summed E-state index contributed by atoms with van der Waals surface area (Å²) in [6.45, 7) is 1.78. The molecule has 0 aliphatic heterocycles. The van der Waals surface area contributed by atoms with Gasteiger partial charge in [-0.15, -0.1) is 0 Å². The van der Waals surface area contributed by atoms with Crippen LogP contribution in [0.1, 0.15) is 48.3 Å². The van der Waals surface area contributed by atoms with Crippen LogP contribution in [0.15, 0.2) is 24.5 Å². The van der Waals surface area contributed by atoms with Crippen LogP contribution in [0.4, 0.5) is 17.3 Å². The first-order chi connectivity index (χ1) is 12.5. The van der Waals surface area contributed by atoms with E-state index in [0.29, 0.717) is 17.4 Å². The van der Waals surface area contributed by atoms with Crippen molar-refractivity contribution in [3.63, 3.8) is 0 Å². The third-order valence-electron chi connectivity index (χ3n) is 4.21. The number of hydrogen-bond donors (Lipinski definition) is 3. The molecule has 1 aliphatic rings. The van der Waals surface area contributed by atoms with Gasteiger partial charge in [-0.3, -0.25) is 14.8 Å². The number of pyridine rings is 1. The van der Waals surface area contributed by atoms with Gasteiger partial charge < -0.3 is 15.8 Å². The molecular formula is C17H21N7O2. The number of rotatable bonds is 8. The highest BCUT2D eigenvalue weighted by molar-refractivity contribution is 5.96. The maximum Gasteiger partial charge on any atom is 0.271 e. The van der Waals surface area contributed by atoms with Gasteiger partial charge in [0.15, 0.2) is 17.3 Å². The third-order valence-corrected chi connectivity index (χ3v) is 4.21. The van der Waals surface area contributed by atoms with Crippen molar-refractivity contribution >= 4 is 29.5 Å². The second-order valence-corrected chi connectivity index (χ2v) is 6.32. The zero-order valence-electron chi connectivity index (χ0n) is 14.4. The molecule has 0 aromatic carbocycles. The third kappa shape index (κ3) is 3.94. The summed E-state index contributed by atoms with van der Waals surface area (Å²) >= 11 is 0. The minimum atomic E-state index is -0.710. The monoisotopic (exact) mass is 355 g/mol. The first-order valence-corrected chi connectivity index (χ1v) is 8.37. The quantitative estimate of drug-likeness (QED) is 0.365. The van der Waals surface area contributed by atoms with Gasteiger partial charge in [-0.2, -0.15) is 0 Å². The van der Waals surface area contributed by atoms with E-state index in [1.807, 2.05) is 12.1 Å². The molecule has 2 aromatic rings. The first kappa shape index (κ1) is 17.7. The zero-order valence-corrected chi connectivity index (χ0v) is 14.4. The summed E-state index contributed by atoms with van der Waals surface area (Å²) in [5, 5.41) is 4.34. The summed E-state index contributed by atoms with van der Waals surface area (Å²) in [4.78, 5) is 35.2. The highest BCUT2D eigenvalue weighted by Gasteiger charge is 2.24. The lowest BCUT2D eigenvalue weighted by Gasteiger charge is -2.24. The lowest BCUT2D eigenvalue weighted by molar-refractivity contribution is -0.108. The summed E-state index contributed by atoms with van der Waals surface area (Å²) in [7, 11) is 0. The Morgan fingerprint density at radius 2 is 2.15 bits per heavy atom. The average Bonchev–Trinajstić information content (AvgIpc) is 3.47. The maximum absolute atomic E-state index is 11.7. The van der Waals surface area contributed by atoms with Crippen molar-refractivity contribution < 1.29 is 9.59 Å². The van der Waals surface area contributed by atoms with Gasteiger partial charge in [0.25, 0.3) is 5.91 Å². The molecule has 1 aliphatic carbocycles. The molecule has 1 fully saturated rings.